The Morgan fingerprint density at radius 2 is 1.70 bits per heavy atom. The number of amides is 1. The van der Waals surface area contributed by atoms with Gasteiger partial charge in [-0.1, -0.05) is 0 Å². The summed E-state index contributed by atoms with van der Waals surface area (Å²) in [6.07, 6.45) is 10.1. The number of hydrogen-bond donors (Lipinski definition) is 1. The molecule has 5 fully saturated rings. The molecule has 1 atom stereocenters. The Morgan fingerprint density at radius 3 is 2.30 bits per heavy atom. The largest absolute Gasteiger partial charge is 0.380 e. The predicted molar refractivity (Wildman–Crippen MR) is 108 cm³/mol. The SMILES string of the molecule is COC1CCCN(c2ccc(NC(=O)C34CC5CC(CC(C5)C3)C4)cc2)C1. The van der Waals surface area contributed by atoms with Gasteiger partial charge in [0.2, 0.25) is 5.91 Å². The molecule has 4 nitrogen and oxygen atoms in total. The second-order valence-electron chi connectivity index (χ2n) is 9.64. The standard InChI is InChI=1S/C23H32N2O2/c1-27-21-3-2-8-25(15-21)20-6-4-19(5-7-20)24-22(26)23-12-16-9-17(13-23)11-18(10-16)14-23/h4-7,16-18,21H,2-3,8-15H2,1H3,(H,24,26). The maximum absolute atomic E-state index is 13.2. The molecule has 1 amide bonds. The number of hydrogen-bond acceptors (Lipinski definition) is 3. The monoisotopic (exact) mass is 368 g/mol. The predicted octanol–water partition coefficient (Wildman–Crippen LogP) is 4.46. The molecular weight excluding hydrogens is 336 g/mol. The smallest absolute Gasteiger partial charge is 0.230 e. The second kappa shape index (κ2) is 6.80. The fraction of sp³-hybridized carbons (Fsp3) is 0.696. The van der Waals surface area contributed by atoms with E-state index in [1.54, 1.807) is 7.11 Å². The highest BCUT2D eigenvalue weighted by Gasteiger charge is 2.54. The van der Waals surface area contributed by atoms with Crippen LogP contribution >= 0.6 is 0 Å². The zero-order valence-electron chi connectivity index (χ0n) is 16.5. The number of piperidine rings is 1. The number of rotatable bonds is 4. The number of ether oxygens (including phenoxy) is 1. The summed E-state index contributed by atoms with van der Waals surface area (Å²) in [5.74, 6) is 2.69. The summed E-state index contributed by atoms with van der Waals surface area (Å²) in [4.78, 5) is 15.6. The maximum Gasteiger partial charge on any atom is 0.230 e. The number of nitrogens with one attached hydrogen (secondary N) is 1. The van der Waals surface area contributed by atoms with Crippen LogP contribution in [0.2, 0.25) is 0 Å². The van der Waals surface area contributed by atoms with E-state index in [2.05, 4.69) is 34.5 Å². The molecule has 4 saturated carbocycles. The highest BCUT2D eigenvalue weighted by Crippen LogP contribution is 2.60. The molecule has 6 rings (SSSR count). The normalized spacial score (nSPS) is 37.4. The number of nitrogens with zero attached hydrogens (tertiary/aromatic N) is 1. The van der Waals surface area contributed by atoms with Gasteiger partial charge in [0.1, 0.15) is 0 Å². The summed E-state index contributed by atoms with van der Waals surface area (Å²) in [7, 11) is 1.80. The molecule has 1 aliphatic heterocycles. The molecule has 1 aromatic carbocycles. The molecule has 1 saturated heterocycles. The molecule has 4 aliphatic carbocycles. The van der Waals surface area contributed by atoms with Crippen molar-refractivity contribution in [3.8, 4) is 0 Å². The summed E-state index contributed by atoms with van der Waals surface area (Å²) in [6, 6.07) is 8.44. The van der Waals surface area contributed by atoms with E-state index in [0.29, 0.717) is 6.10 Å². The summed E-state index contributed by atoms with van der Waals surface area (Å²) >= 11 is 0. The fourth-order valence-electron chi connectivity index (χ4n) is 6.77. The first kappa shape index (κ1) is 17.5. The Bertz CT molecular complexity index is 664. The van der Waals surface area contributed by atoms with Gasteiger partial charge in [-0.3, -0.25) is 4.79 Å². The van der Waals surface area contributed by atoms with E-state index < -0.39 is 0 Å². The van der Waals surface area contributed by atoms with Crippen molar-refractivity contribution in [2.24, 2.45) is 23.2 Å². The van der Waals surface area contributed by atoms with Gasteiger partial charge in [0.05, 0.1) is 11.5 Å². The minimum atomic E-state index is -0.0774. The third kappa shape index (κ3) is 3.26. The average molecular weight is 369 g/mol. The van der Waals surface area contributed by atoms with Gasteiger partial charge in [0.15, 0.2) is 0 Å². The molecule has 27 heavy (non-hydrogen) atoms. The van der Waals surface area contributed by atoms with E-state index in [1.165, 1.54) is 31.4 Å². The molecule has 4 bridgehead atoms. The van der Waals surface area contributed by atoms with Crippen LogP contribution in [0.3, 0.4) is 0 Å². The van der Waals surface area contributed by atoms with Crippen LogP contribution < -0.4 is 10.2 Å². The highest BCUT2D eigenvalue weighted by molar-refractivity contribution is 5.95. The molecule has 146 valence electrons. The second-order valence-corrected chi connectivity index (χ2v) is 9.64. The van der Waals surface area contributed by atoms with E-state index in [1.807, 2.05) is 0 Å². The third-order valence-electron chi connectivity index (χ3n) is 7.72. The Balaban J connectivity index is 1.25. The van der Waals surface area contributed by atoms with Crippen molar-refractivity contribution in [3.63, 3.8) is 0 Å². The first-order valence-corrected chi connectivity index (χ1v) is 10.8. The zero-order valence-corrected chi connectivity index (χ0v) is 16.5. The maximum atomic E-state index is 13.2. The van der Waals surface area contributed by atoms with Gasteiger partial charge in [-0.15, -0.1) is 0 Å². The van der Waals surface area contributed by atoms with Crippen LogP contribution in [0.5, 0.6) is 0 Å². The third-order valence-corrected chi connectivity index (χ3v) is 7.72. The van der Waals surface area contributed by atoms with Gasteiger partial charge in [-0.25, -0.2) is 0 Å². The van der Waals surface area contributed by atoms with Gasteiger partial charge in [-0.05, 0) is 93.4 Å². The van der Waals surface area contributed by atoms with Crippen LogP contribution in [0, 0.1) is 23.2 Å². The molecule has 1 aromatic rings. The zero-order chi connectivity index (χ0) is 18.4. The van der Waals surface area contributed by atoms with Gasteiger partial charge < -0.3 is 15.0 Å². The summed E-state index contributed by atoms with van der Waals surface area (Å²) in [5.41, 5.74) is 2.09. The number of methoxy groups -OCH3 is 1. The van der Waals surface area contributed by atoms with Crippen LogP contribution in [0.1, 0.15) is 51.4 Å². The van der Waals surface area contributed by atoms with E-state index in [-0.39, 0.29) is 11.3 Å². The lowest BCUT2D eigenvalue weighted by Crippen LogP contribution is -2.51. The Kier molecular flexibility index (Phi) is 4.42. The summed E-state index contributed by atoms with van der Waals surface area (Å²) in [5, 5.41) is 3.27. The van der Waals surface area contributed by atoms with Gasteiger partial charge in [0, 0.05) is 31.6 Å². The lowest BCUT2D eigenvalue weighted by molar-refractivity contribution is -0.140. The Morgan fingerprint density at radius 1 is 1.07 bits per heavy atom. The number of carbonyl (C=O) groups excluding carboxylic acids is 1. The fourth-order valence-corrected chi connectivity index (χ4v) is 6.77. The average Bonchev–Trinajstić information content (AvgIpc) is 2.67. The van der Waals surface area contributed by atoms with E-state index in [4.69, 9.17) is 4.74 Å². The number of benzene rings is 1. The minimum absolute atomic E-state index is 0.0774. The molecular formula is C23H32N2O2. The Labute approximate surface area is 162 Å². The minimum Gasteiger partial charge on any atom is -0.380 e. The molecule has 1 N–H and O–H groups in total. The molecule has 1 unspecified atom stereocenters. The van der Waals surface area contributed by atoms with Crippen LogP contribution in [0.4, 0.5) is 11.4 Å². The number of anilines is 2. The van der Waals surface area contributed by atoms with Gasteiger partial charge in [-0.2, -0.15) is 0 Å². The van der Waals surface area contributed by atoms with Gasteiger partial charge in [0.25, 0.3) is 0 Å². The van der Waals surface area contributed by atoms with E-state index >= 15 is 0 Å². The summed E-state index contributed by atoms with van der Waals surface area (Å²) < 4.78 is 5.54. The quantitative estimate of drug-likeness (QED) is 0.853. The van der Waals surface area contributed by atoms with Crippen molar-refractivity contribution in [2.45, 2.75) is 57.5 Å². The lowest BCUT2D eigenvalue weighted by atomic mass is 9.49. The Hall–Kier alpha value is -1.55. The van der Waals surface area contributed by atoms with E-state index in [0.717, 1.165) is 62.2 Å². The molecule has 0 radical (unpaired) electrons. The molecule has 0 spiro atoms. The van der Waals surface area contributed by atoms with Crippen LogP contribution in [0.25, 0.3) is 0 Å². The summed E-state index contributed by atoms with van der Waals surface area (Å²) in [6.45, 7) is 2.04. The van der Waals surface area contributed by atoms with Crippen molar-refractivity contribution in [1.82, 2.24) is 0 Å². The molecule has 1 heterocycles. The first-order valence-electron chi connectivity index (χ1n) is 10.8. The molecule has 0 aromatic heterocycles. The number of carbonyl (C=O) groups is 1. The van der Waals surface area contributed by atoms with E-state index in [9.17, 15) is 4.79 Å². The van der Waals surface area contributed by atoms with Crippen molar-refractivity contribution in [3.05, 3.63) is 24.3 Å². The topological polar surface area (TPSA) is 41.6 Å². The van der Waals surface area contributed by atoms with Crippen molar-refractivity contribution < 1.29 is 9.53 Å². The highest BCUT2D eigenvalue weighted by atomic mass is 16.5. The van der Waals surface area contributed by atoms with Crippen LogP contribution in [-0.4, -0.2) is 32.2 Å². The molecule has 4 heteroatoms. The molecule has 5 aliphatic rings. The van der Waals surface area contributed by atoms with Crippen molar-refractivity contribution in [2.75, 3.05) is 30.4 Å². The van der Waals surface area contributed by atoms with Crippen molar-refractivity contribution in [1.29, 1.82) is 0 Å². The van der Waals surface area contributed by atoms with Crippen molar-refractivity contribution >= 4 is 17.3 Å². The lowest BCUT2D eigenvalue weighted by Gasteiger charge is -2.55. The van der Waals surface area contributed by atoms with Crippen LogP contribution in [-0.2, 0) is 9.53 Å². The first-order chi connectivity index (χ1) is 13.1. The van der Waals surface area contributed by atoms with Gasteiger partial charge >= 0.3 is 0 Å². The van der Waals surface area contributed by atoms with Crippen LogP contribution in [0.15, 0.2) is 24.3 Å².